The first-order valence-electron chi connectivity index (χ1n) is 7.92. The van der Waals surface area contributed by atoms with Crippen molar-refractivity contribution in [1.29, 1.82) is 0 Å². The van der Waals surface area contributed by atoms with Crippen LogP contribution in [0.4, 0.5) is 0 Å². The number of carbonyl (C=O) groups excluding carboxylic acids is 1. The van der Waals surface area contributed by atoms with E-state index in [1.165, 1.54) is 0 Å². The second-order valence-electron chi connectivity index (χ2n) is 6.03. The number of aromatic nitrogens is 2. The molecule has 1 aliphatic heterocycles. The summed E-state index contributed by atoms with van der Waals surface area (Å²) in [4.78, 5) is 29.5. The van der Waals surface area contributed by atoms with Crippen LogP contribution in [-0.4, -0.2) is 44.6 Å². The Morgan fingerprint density at radius 1 is 1.46 bits per heavy atom. The summed E-state index contributed by atoms with van der Waals surface area (Å²) in [6.45, 7) is 2.23. The third-order valence-electron chi connectivity index (χ3n) is 4.35. The van der Waals surface area contributed by atoms with Crippen molar-refractivity contribution in [1.82, 2.24) is 15.0 Å². The topological polar surface area (TPSA) is 96.5 Å². The molecule has 0 bridgehead atoms. The maximum absolute atomic E-state index is 12.4. The molecular weight excluding hydrogens is 330 g/mol. The van der Waals surface area contributed by atoms with Crippen molar-refractivity contribution in [3.8, 4) is 11.4 Å². The summed E-state index contributed by atoms with van der Waals surface area (Å²) in [6, 6.07) is 1.98. The van der Waals surface area contributed by atoms with Gasteiger partial charge in [0.05, 0.1) is 5.92 Å². The lowest BCUT2D eigenvalue weighted by Crippen LogP contribution is -2.47. The number of carboxylic acids is 1. The lowest BCUT2D eigenvalue weighted by molar-refractivity contribution is -0.147. The molecule has 2 atom stereocenters. The van der Waals surface area contributed by atoms with Crippen molar-refractivity contribution in [3.05, 3.63) is 22.7 Å². The lowest BCUT2D eigenvalue weighted by atomic mass is 9.93. The van der Waals surface area contributed by atoms with E-state index in [9.17, 15) is 9.59 Å². The highest BCUT2D eigenvalue weighted by Gasteiger charge is 2.32. The van der Waals surface area contributed by atoms with Gasteiger partial charge in [-0.3, -0.25) is 9.59 Å². The number of hydrogen-bond acceptors (Lipinski definition) is 6. The number of carboxylic acid groups (broad SMARTS) is 1. The Kier molecular flexibility index (Phi) is 4.94. The fourth-order valence-electron chi connectivity index (χ4n) is 2.88. The highest BCUT2D eigenvalue weighted by molar-refractivity contribution is 7.08. The van der Waals surface area contributed by atoms with E-state index < -0.39 is 11.9 Å². The molecule has 2 aromatic heterocycles. The highest BCUT2D eigenvalue weighted by Crippen LogP contribution is 2.23. The van der Waals surface area contributed by atoms with Gasteiger partial charge >= 0.3 is 5.97 Å². The van der Waals surface area contributed by atoms with Crippen LogP contribution in [0.15, 0.2) is 21.3 Å². The van der Waals surface area contributed by atoms with Crippen molar-refractivity contribution >= 4 is 23.2 Å². The van der Waals surface area contributed by atoms with Gasteiger partial charge in [0, 0.05) is 36.4 Å². The standard InChI is InChI=1S/C16H19N3O4S/c1-10-2-3-11(16(21)22)8-19(10)14(20)5-4-13-17-15(18-23-13)12-6-7-24-9-12/h6-7,9-11H,2-5,8H2,1H3,(H,21,22). The third kappa shape index (κ3) is 3.64. The normalized spacial score (nSPS) is 21.0. The molecule has 8 heteroatoms. The molecule has 1 amide bonds. The number of thiophene rings is 1. The van der Waals surface area contributed by atoms with Crippen molar-refractivity contribution in [2.24, 2.45) is 5.92 Å². The largest absolute Gasteiger partial charge is 0.481 e. The summed E-state index contributed by atoms with van der Waals surface area (Å²) in [5.41, 5.74) is 0.898. The fraction of sp³-hybridized carbons (Fsp3) is 0.500. The van der Waals surface area contributed by atoms with Crippen LogP contribution in [0.25, 0.3) is 11.4 Å². The van der Waals surface area contributed by atoms with Crippen molar-refractivity contribution in [3.63, 3.8) is 0 Å². The number of carbonyl (C=O) groups is 2. The summed E-state index contributed by atoms with van der Waals surface area (Å²) >= 11 is 1.55. The van der Waals surface area contributed by atoms with Gasteiger partial charge in [-0.2, -0.15) is 16.3 Å². The third-order valence-corrected chi connectivity index (χ3v) is 5.04. The van der Waals surface area contributed by atoms with E-state index >= 15 is 0 Å². The molecule has 1 aliphatic rings. The minimum absolute atomic E-state index is 0.0660. The summed E-state index contributed by atoms with van der Waals surface area (Å²) < 4.78 is 5.19. The summed E-state index contributed by atoms with van der Waals surface area (Å²) in [5, 5.41) is 16.9. The molecular formula is C16H19N3O4S. The SMILES string of the molecule is CC1CCC(C(=O)O)CN1C(=O)CCc1nc(-c2ccsc2)no1. The van der Waals surface area contributed by atoms with E-state index in [1.807, 2.05) is 23.8 Å². The molecule has 2 unspecified atom stereocenters. The molecule has 0 aromatic carbocycles. The Bertz CT molecular complexity index is 713. The Morgan fingerprint density at radius 2 is 2.29 bits per heavy atom. The van der Waals surface area contributed by atoms with Crippen molar-refractivity contribution in [2.45, 2.75) is 38.6 Å². The zero-order valence-electron chi connectivity index (χ0n) is 13.3. The zero-order chi connectivity index (χ0) is 17.1. The van der Waals surface area contributed by atoms with Crippen LogP contribution in [0.5, 0.6) is 0 Å². The van der Waals surface area contributed by atoms with Crippen molar-refractivity contribution in [2.75, 3.05) is 6.54 Å². The molecule has 0 spiro atoms. The number of aliphatic carboxylic acids is 1. The van der Waals surface area contributed by atoms with Gasteiger partial charge in [0.1, 0.15) is 0 Å². The van der Waals surface area contributed by atoms with Gasteiger partial charge in [-0.05, 0) is 31.2 Å². The van der Waals surface area contributed by atoms with Crippen LogP contribution < -0.4 is 0 Å². The molecule has 0 aliphatic carbocycles. The van der Waals surface area contributed by atoms with E-state index in [2.05, 4.69) is 10.1 Å². The van der Waals surface area contributed by atoms with Gasteiger partial charge in [-0.25, -0.2) is 0 Å². The average molecular weight is 349 g/mol. The van der Waals surface area contributed by atoms with E-state index in [4.69, 9.17) is 9.63 Å². The first kappa shape index (κ1) is 16.6. The molecule has 128 valence electrons. The van der Waals surface area contributed by atoms with Gasteiger partial charge in [-0.1, -0.05) is 5.16 Å². The molecule has 0 radical (unpaired) electrons. The predicted molar refractivity (Wildman–Crippen MR) is 87.5 cm³/mol. The van der Waals surface area contributed by atoms with E-state index in [0.717, 1.165) is 5.56 Å². The molecule has 1 saturated heterocycles. The average Bonchev–Trinajstić information content (AvgIpc) is 3.24. The van der Waals surface area contributed by atoms with Crippen LogP contribution in [0.1, 0.15) is 32.1 Å². The zero-order valence-corrected chi connectivity index (χ0v) is 14.2. The second-order valence-corrected chi connectivity index (χ2v) is 6.81. The van der Waals surface area contributed by atoms with Gasteiger partial charge in [0.15, 0.2) is 0 Å². The highest BCUT2D eigenvalue weighted by atomic mass is 32.1. The summed E-state index contributed by atoms with van der Waals surface area (Å²) in [7, 11) is 0. The van der Waals surface area contributed by atoms with Gasteiger partial charge in [0.25, 0.3) is 0 Å². The Hall–Kier alpha value is -2.22. The Labute approximate surface area is 143 Å². The van der Waals surface area contributed by atoms with Gasteiger partial charge in [-0.15, -0.1) is 0 Å². The maximum Gasteiger partial charge on any atom is 0.308 e. The van der Waals surface area contributed by atoms with Crippen LogP contribution in [0, 0.1) is 5.92 Å². The summed E-state index contributed by atoms with van der Waals surface area (Å²) in [6.07, 6.45) is 1.93. The number of aryl methyl sites for hydroxylation is 1. The van der Waals surface area contributed by atoms with E-state index in [1.54, 1.807) is 16.2 Å². The van der Waals surface area contributed by atoms with Crippen LogP contribution in [0.2, 0.25) is 0 Å². The van der Waals surface area contributed by atoms with E-state index in [0.29, 0.717) is 31.0 Å². The number of piperidine rings is 1. The number of likely N-dealkylation sites (tertiary alicyclic amines) is 1. The number of hydrogen-bond donors (Lipinski definition) is 1. The second kappa shape index (κ2) is 7.12. The van der Waals surface area contributed by atoms with Crippen LogP contribution in [-0.2, 0) is 16.0 Å². The molecule has 3 heterocycles. The molecule has 1 N–H and O–H groups in total. The smallest absolute Gasteiger partial charge is 0.308 e. The van der Waals surface area contributed by atoms with Crippen molar-refractivity contribution < 1.29 is 19.2 Å². The number of nitrogens with zero attached hydrogens (tertiary/aromatic N) is 3. The lowest BCUT2D eigenvalue weighted by Gasteiger charge is -2.36. The number of amides is 1. The minimum Gasteiger partial charge on any atom is -0.481 e. The molecule has 3 rings (SSSR count). The quantitative estimate of drug-likeness (QED) is 0.890. The first-order valence-corrected chi connectivity index (χ1v) is 8.86. The van der Waals surface area contributed by atoms with E-state index in [-0.39, 0.29) is 24.9 Å². The minimum atomic E-state index is -0.836. The first-order chi connectivity index (χ1) is 11.5. The monoisotopic (exact) mass is 349 g/mol. The molecule has 7 nitrogen and oxygen atoms in total. The number of rotatable bonds is 5. The molecule has 1 fully saturated rings. The Balaban J connectivity index is 1.58. The predicted octanol–water partition coefficient (Wildman–Crippen LogP) is 2.44. The molecule has 24 heavy (non-hydrogen) atoms. The van der Waals surface area contributed by atoms with Gasteiger partial charge in [0.2, 0.25) is 17.6 Å². The molecule has 2 aromatic rings. The molecule has 0 saturated carbocycles. The summed E-state index contributed by atoms with van der Waals surface area (Å²) in [5.74, 6) is -0.431. The van der Waals surface area contributed by atoms with Crippen LogP contribution >= 0.6 is 11.3 Å². The Morgan fingerprint density at radius 3 is 3.00 bits per heavy atom. The van der Waals surface area contributed by atoms with Crippen LogP contribution in [0.3, 0.4) is 0 Å². The van der Waals surface area contributed by atoms with Gasteiger partial charge < -0.3 is 14.5 Å². The maximum atomic E-state index is 12.4. The fourth-order valence-corrected chi connectivity index (χ4v) is 3.51.